The van der Waals surface area contributed by atoms with E-state index in [-0.39, 0.29) is 16.8 Å². The molecule has 2 aromatic carbocycles. The second-order valence-corrected chi connectivity index (χ2v) is 8.05. The number of carbonyl (C=O) groups excluding carboxylic acids is 1. The van der Waals surface area contributed by atoms with E-state index in [1.807, 2.05) is 19.1 Å². The van der Waals surface area contributed by atoms with Gasteiger partial charge in [-0.2, -0.15) is 13.2 Å². The Morgan fingerprint density at radius 1 is 1.15 bits per heavy atom. The molecule has 7 heteroatoms. The lowest BCUT2D eigenvalue weighted by Crippen LogP contribution is -2.53. The lowest BCUT2D eigenvalue weighted by atomic mass is 10.0. The van der Waals surface area contributed by atoms with E-state index in [2.05, 4.69) is 11.4 Å². The van der Waals surface area contributed by atoms with Gasteiger partial charge in [-0.15, -0.1) is 11.8 Å². The van der Waals surface area contributed by atoms with E-state index in [0.29, 0.717) is 11.3 Å². The van der Waals surface area contributed by atoms with Crippen molar-refractivity contribution in [3.63, 3.8) is 0 Å². The Morgan fingerprint density at radius 2 is 1.93 bits per heavy atom. The first kappa shape index (κ1) is 18.0. The minimum atomic E-state index is -4.46. The molecule has 1 amide bonds. The normalized spacial score (nSPS) is 22.3. The summed E-state index contributed by atoms with van der Waals surface area (Å²) < 4.78 is 39.6. The van der Waals surface area contributed by atoms with Gasteiger partial charge in [-0.1, -0.05) is 24.3 Å². The minimum Gasteiger partial charge on any atom is -0.363 e. The molecule has 0 aromatic heterocycles. The number of rotatable bonds is 2. The van der Waals surface area contributed by atoms with Crippen molar-refractivity contribution in [3.05, 3.63) is 70.6 Å². The van der Waals surface area contributed by atoms with Crippen LogP contribution in [0.25, 0.3) is 0 Å². The van der Waals surface area contributed by atoms with E-state index in [1.165, 1.54) is 11.0 Å². The van der Waals surface area contributed by atoms with Gasteiger partial charge in [0.15, 0.2) is 0 Å². The monoisotopic (exact) mass is 390 g/mol. The fourth-order valence-electron chi connectivity index (χ4n) is 3.46. The minimum absolute atomic E-state index is 0.0249. The number of nitrogens with zero attached hydrogens (tertiary/aromatic N) is 1. The van der Waals surface area contributed by atoms with Gasteiger partial charge in [0.05, 0.1) is 16.4 Å². The molecule has 27 heavy (non-hydrogen) atoms. The number of anilines is 2. The summed E-state index contributed by atoms with van der Waals surface area (Å²) in [6, 6.07) is 12.0. The number of benzene rings is 2. The van der Waals surface area contributed by atoms with Gasteiger partial charge in [0, 0.05) is 11.4 Å². The van der Waals surface area contributed by atoms with Crippen LogP contribution in [0.2, 0.25) is 0 Å². The summed E-state index contributed by atoms with van der Waals surface area (Å²) in [5, 5.41) is 3.39. The maximum Gasteiger partial charge on any atom is 0.416 e. The van der Waals surface area contributed by atoms with Crippen molar-refractivity contribution in [2.75, 3.05) is 10.2 Å². The molecule has 1 N–H and O–H groups in total. The van der Waals surface area contributed by atoms with Crippen LogP contribution in [-0.4, -0.2) is 17.3 Å². The number of allylic oxidation sites excluding steroid dienone is 2. The van der Waals surface area contributed by atoms with Gasteiger partial charge in [0.25, 0.3) is 5.91 Å². The molecular weight excluding hydrogens is 373 g/mol. The standard InChI is InChI=1S/C20H17F3N2OS/c1-12-9-10-17(27-12)18-24-16-8-3-2-7-15(16)19(26)25(18)14-6-4-5-13(11-14)20(21,22)23/h2-9,11,17-18,24H,10H2,1H3. The van der Waals surface area contributed by atoms with E-state index in [4.69, 9.17) is 0 Å². The summed E-state index contributed by atoms with van der Waals surface area (Å²) in [7, 11) is 0. The molecule has 2 aliphatic heterocycles. The van der Waals surface area contributed by atoms with Crippen molar-refractivity contribution in [3.8, 4) is 0 Å². The number of alkyl halides is 3. The molecule has 2 aliphatic rings. The van der Waals surface area contributed by atoms with Crippen molar-refractivity contribution in [2.24, 2.45) is 0 Å². The fraction of sp³-hybridized carbons (Fsp3) is 0.250. The van der Waals surface area contributed by atoms with Crippen LogP contribution < -0.4 is 10.2 Å². The van der Waals surface area contributed by atoms with Crippen molar-refractivity contribution in [2.45, 2.75) is 30.9 Å². The Labute approximate surface area is 159 Å². The number of nitrogens with one attached hydrogen (secondary N) is 1. The molecule has 0 aliphatic carbocycles. The Morgan fingerprint density at radius 3 is 2.63 bits per heavy atom. The fourth-order valence-corrected chi connectivity index (χ4v) is 4.64. The molecule has 2 aromatic rings. The van der Waals surface area contributed by atoms with Crippen LogP contribution in [0.15, 0.2) is 59.5 Å². The predicted molar refractivity (Wildman–Crippen MR) is 102 cm³/mol. The summed E-state index contributed by atoms with van der Waals surface area (Å²) in [5.41, 5.74) is 0.644. The molecular formula is C20H17F3N2OS. The van der Waals surface area contributed by atoms with Gasteiger partial charge in [-0.05, 0) is 48.6 Å². The van der Waals surface area contributed by atoms with Gasteiger partial charge in [-0.3, -0.25) is 9.69 Å². The molecule has 140 valence electrons. The van der Waals surface area contributed by atoms with Crippen LogP contribution in [-0.2, 0) is 6.18 Å². The second kappa shape index (κ2) is 6.64. The van der Waals surface area contributed by atoms with Crippen molar-refractivity contribution in [1.82, 2.24) is 0 Å². The summed E-state index contributed by atoms with van der Waals surface area (Å²) in [5.74, 6) is -0.293. The number of para-hydroxylation sites is 1. The molecule has 0 fully saturated rings. The Hall–Kier alpha value is -2.41. The number of carbonyl (C=O) groups is 1. The number of fused-ring (bicyclic) bond motifs is 1. The third-order valence-electron chi connectivity index (χ3n) is 4.74. The maximum absolute atomic E-state index is 13.2. The maximum atomic E-state index is 13.2. The molecule has 0 saturated heterocycles. The smallest absolute Gasteiger partial charge is 0.363 e. The largest absolute Gasteiger partial charge is 0.416 e. The van der Waals surface area contributed by atoms with Crippen LogP contribution in [0.1, 0.15) is 29.3 Å². The van der Waals surface area contributed by atoms with Gasteiger partial charge in [-0.25, -0.2) is 0 Å². The number of thioether (sulfide) groups is 1. The van der Waals surface area contributed by atoms with Crippen LogP contribution in [0.3, 0.4) is 0 Å². The highest BCUT2D eigenvalue weighted by Crippen LogP contribution is 2.41. The molecule has 0 radical (unpaired) electrons. The van der Waals surface area contributed by atoms with Crippen molar-refractivity contribution in [1.29, 1.82) is 0 Å². The van der Waals surface area contributed by atoms with Gasteiger partial charge >= 0.3 is 6.18 Å². The number of amides is 1. The SMILES string of the molecule is CC1=CCC(C2Nc3ccccc3C(=O)N2c2cccc(C(F)(F)F)c2)S1. The lowest BCUT2D eigenvalue weighted by Gasteiger charge is -2.40. The molecule has 2 atom stereocenters. The summed E-state index contributed by atoms with van der Waals surface area (Å²) in [6.45, 7) is 2.00. The Bertz CT molecular complexity index is 925. The number of hydrogen-bond donors (Lipinski definition) is 1. The average molecular weight is 390 g/mol. The van der Waals surface area contributed by atoms with Crippen LogP contribution in [0.4, 0.5) is 24.5 Å². The summed E-state index contributed by atoms with van der Waals surface area (Å²) in [6.07, 6.45) is -2.06. The summed E-state index contributed by atoms with van der Waals surface area (Å²) >= 11 is 1.64. The highest BCUT2D eigenvalue weighted by Gasteiger charge is 2.40. The first-order valence-electron chi connectivity index (χ1n) is 8.54. The molecule has 2 unspecified atom stereocenters. The first-order chi connectivity index (χ1) is 12.8. The third-order valence-corrected chi connectivity index (χ3v) is 6.03. The van der Waals surface area contributed by atoms with E-state index >= 15 is 0 Å². The van der Waals surface area contributed by atoms with Gasteiger partial charge < -0.3 is 5.32 Å². The molecule has 3 nitrogen and oxygen atoms in total. The predicted octanol–water partition coefficient (Wildman–Crippen LogP) is 5.51. The van der Waals surface area contributed by atoms with E-state index in [1.54, 1.807) is 30.0 Å². The quantitative estimate of drug-likeness (QED) is 0.734. The van der Waals surface area contributed by atoms with E-state index in [0.717, 1.165) is 23.5 Å². The zero-order valence-electron chi connectivity index (χ0n) is 14.5. The average Bonchev–Trinajstić information content (AvgIpc) is 3.07. The highest BCUT2D eigenvalue weighted by atomic mass is 32.2. The third kappa shape index (κ3) is 3.32. The molecule has 0 bridgehead atoms. The van der Waals surface area contributed by atoms with E-state index < -0.39 is 17.9 Å². The molecule has 4 rings (SSSR count). The summed E-state index contributed by atoms with van der Waals surface area (Å²) in [4.78, 5) is 15.8. The Kier molecular flexibility index (Phi) is 4.42. The van der Waals surface area contributed by atoms with Gasteiger partial charge in [0.2, 0.25) is 0 Å². The van der Waals surface area contributed by atoms with Gasteiger partial charge in [0.1, 0.15) is 6.17 Å². The van der Waals surface area contributed by atoms with Crippen LogP contribution >= 0.6 is 11.8 Å². The second-order valence-electron chi connectivity index (χ2n) is 6.56. The zero-order chi connectivity index (χ0) is 19.2. The highest BCUT2D eigenvalue weighted by molar-refractivity contribution is 8.03. The molecule has 0 saturated carbocycles. The van der Waals surface area contributed by atoms with E-state index in [9.17, 15) is 18.0 Å². The number of halogens is 3. The van der Waals surface area contributed by atoms with Crippen molar-refractivity contribution < 1.29 is 18.0 Å². The topological polar surface area (TPSA) is 32.3 Å². The first-order valence-corrected chi connectivity index (χ1v) is 9.42. The Balaban J connectivity index is 1.79. The lowest BCUT2D eigenvalue weighted by molar-refractivity contribution is -0.137. The molecule has 2 heterocycles. The molecule has 0 spiro atoms. The number of hydrogen-bond acceptors (Lipinski definition) is 3. The van der Waals surface area contributed by atoms with Crippen molar-refractivity contribution >= 4 is 29.0 Å². The zero-order valence-corrected chi connectivity index (χ0v) is 15.3. The van der Waals surface area contributed by atoms with Crippen LogP contribution in [0.5, 0.6) is 0 Å². The van der Waals surface area contributed by atoms with Crippen LogP contribution in [0, 0.1) is 0 Å².